The van der Waals surface area contributed by atoms with Crippen molar-refractivity contribution in [3.63, 3.8) is 0 Å². The topological polar surface area (TPSA) is 62.6 Å². The lowest BCUT2D eigenvalue weighted by molar-refractivity contribution is -0.881. The molecule has 2 atom stereocenters. The molecule has 1 aliphatic carbocycles. The van der Waals surface area contributed by atoms with E-state index in [1.54, 1.807) is 0 Å². The van der Waals surface area contributed by atoms with Gasteiger partial charge >= 0.3 is 6.18 Å². The maximum Gasteiger partial charge on any atom is 0.418 e. The lowest BCUT2D eigenvalue weighted by Crippen LogP contribution is -3.14. The van der Waals surface area contributed by atoms with Crippen LogP contribution >= 0.6 is 0 Å². The van der Waals surface area contributed by atoms with E-state index in [0.717, 1.165) is 30.9 Å². The number of hydrogen-bond donors (Lipinski definition) is 3. The molecule has 1 aliphatic rings. The number of halogens is 3. The first-order valence-corrected chi connectivity index (χ1v) is 10.4. The fourth-order valence-corrected chi connectivity index (χ4v) is 3.95. The molecule has 31 heavy (non-hydrogen) atoms. The lowest BCUT2D eigenvalue weighted by atomic mass is 9.88. The Morgan fingerprint density at radius 2 is 1.71 bits per heavy atom. The fraction of sp³-hybridized carbons (Fsp3) is 0.391. The van der Waals surface area contributed by atoms with Crippen molar-refractivity contribution in [2.24, 2.45) is 0 Å². The number of carbonyl (C=O) groups excluding carboxylic acids is 2. The molecule has 2 amide bonds. The van der Waals surface area contributed by atoms with Crippen LogP contribution in [0.3, 0.4) is 0 Å². The Labute approximate surface area is 179 Å². The van der Waals surface area contributed by atoms with Crippen LogP contribution in [0.1, 0.15) is 42.5 Å². The molecular formula is C23H27F3N3O2+. The predicted molar refractivity (Wildman–Crippen MR) is 112 cm³/mol. The van der Waals surface area contributed by atoms with Gasteiger partial charge in [-0.15, -0.1) is 0 Å². The van der Waals surface area contributed by atoms with Crippen molar-refractivity contribution in [3.05, 3.63) is 65.2 Å². The molecule has 0 aromatic heterocycles. The highest BCUT2D eigenvalue weighted by atomic mass is 19.4. The number of hydrogen-bond acceptors (Lipinski definition) is 2. The summed E-state index contributed by atoms with van der Waals surface area (Å²) in [6, 6.07) is 12.8. The molecule has 0 saturated carbocycles. The number of quaternary nitrogens is 1. The number of likely N-dealkylation sites (N-methyl/N-ethyl adjacent to an activating group) is 1. The number of amides is 2. The van der Waals surface area contributed by atoms with E-state index in [1.807, 2.05) is 25.1 Å². The van der Waals surface area contributed by atoms with Gasteiger partial charge in [0, 0.05) is 0 Å². The molecule has 166 valence electrons. The van der Waals surface area contributed by atoms with Gasteiger partial charge in [0.1, 0.15) is 0 Å². The van der Waals surface area contributed by atoms with Crippen LogP contribution in [-0.2, 0) is 22.2 Å². The molecule has 8 heteroatoms. The molecule has 0 heterocycles. The normalized spacial score (nSPS) is 16.8. The first kappa shape index (κ1) is 22.8. The number of carbonyl (C=O) groups is 2. The van der Waals surface area contributed by atoms with Crippen LogP contribution in [0.5, 0.6) is 0 Å². The Balaban J connectivity index is 1.57. The highest BCUT2D eigenvalue weighted by molar-refractivity contribution is 5.92. The maximum absolute atomic E-state index is 13.1. The van der Waals surface area contributed by atoms with Gasteiger partial charge in [0.05, 0.1) is 23.8 Å². The number of alkyl halides is 3. The standard InChI is InChI=1S/C23H26F3N3O2/c1-2-29(15-22(31)28-20-12-6-5-11-18(20)23(24,25)26)14-21(30)27-19-13-7-9-16-8-3-4-10-17(16)19/h3-6,8,10-12,19H,2,7,9,13-15H2,1H3,(H,27,30)(H,28,31)/p+1/t19-/m1/s1. The zero-order valence-electron chi connectivity index (χ0n) is 17.4. The minimum atomic E-state index is -4.56. The van der Waals surface area contributed by atoms with Crippen LogP contribution in [0.25, 0.3) is 0 Å². The van der Waals surface area contributed by atoms with Gasteiger partial charge in [-0.2, -0.15) is 13.2 Å². The van der Waals surface area contributed by atoms with Gasteiger partial charge in [-0.25, -0.2) is 0 Å². The Bertz CT molecular complexity index is 930. The van der Waals surface area contributed by atoms with Gasteiger partial charge in [-0.1, -0.05) is 36.4 Å². The van der Waals surface area contributed by atoms with Gasteiger partial charge in [-0.3, -0.25) is 9.59 Å². The van der Waals surface area contributed by atoms with Gasteiger partial charge < -0.3 is 15.5 Å². The second-order valence-corrected chi connectivity index (χ2v) is 7.76. The third-order valence-electron chi connectivity index (χ3n) is 5.53. The number of aryl methyl sites for hydroxylation is 1. The zero-order chi connectivity index (χ0) is 22.4. The molecular weight excluding hydrogens is 407 g/mol. The molecule has 0 saturated heterocycles. The molecule has 1 unspecified atom stereocenters. The highest BCUT2D eigenvalue weighted by Gasteiger charge is 2.34. The molecule has 0 radical (unpaired) electrons. The van der Waals surface area contributed by atoms with Crippen molar-refractivity contribution in [1.29, 1.82) is 0 Å². The van der Waals surface area contributed by atoms with E-state index in [-0.39, 0.29) is 30.7 Å². The van der Waals surface area contributed by atoms with E-state index in [4.69, 9.17) is 0 Å². The zero-order valence-corrected chi connectivity index (χ0v) is 17.4. The maximum atomic E-state index is 13.1. The third kappa shape index (κ3) is 6.07. The number of rotatable bonds is 7. The van der Waals surface area contributed by atoms with Crippen molar-refractivity contribution < 1.29 is 27.7 Å². The molecule has 0 spiro atoms. The number of para-hydroxylation sites is 1. The van der Waals surface area contributed by atoms with Crippen LogP contribution in [0.2, 0.25) is 0 Å². The van der Waals surface area contributed by atoms with Crippen molar-refractivity contribution in [3.8, 4) is 0 Å². The molecule has 5 nitrogen and oxygen atoms in total. The highest BCUT2D eigenvalue weighted by Crippen LogP contribution is 2.34. The van der Waals surface area contributed by atoms with Crippen molar-refractivity contribution >= 4 is 17.5 Å². The minimum Gasteiger partial charge on any atom is -0.344 e. The summed E-state index contributed by atoms with van der Waals surface area (Å²) in [5.74, 6) is -0.744. The molecule has 2 aromatic carbocycles. The Morgan fingerprint density at radius 1 is 1.03 bits per heavy atom. The second kappa shape index (κ2) is 9.96. The summed E-state index contributed by atoms with van der Waals surface area (Å²) in [5, 5.41) is 5.39. The van der Waals surface area contributed by atoms with Crippen LogP contribution in [0, 0.1) is 0 Å². The molecule has 2 aromatic rings. The predicted octanol–water partition coefficient (Wildman–Crippen LogP) is 2.74. The van der Waals surface area contributed by atoms with Gasteiger partial charge in [0.2, 0.25) is 0 Å². The Morgan fingerprint density at radius 3 is 2.45 bits per heavy atom. The SMILES string of the molecule is CC[NH+](CC(=O)Nc1ccccc1C(F)(F)F)CC(=O)N[C@@H]1CCCc2ccccc21. The largest absolute Gasteiger partial charge is 0.418 e. The summed E-state index contributed by atoms with van der Waals surface area (Å²) in [7, 11) is 0. The monoisotopic (exact) mass is 434 g/mol. The van der Waals surface area contributed by atoms with Crippen LogP contribution in [0.4, 0.5) is 18.9 Å². The Kier molecular flexibility index (Phi) is 7.33. The average Bonchev–Trinajstić information content (AvgIpc) is 2.73. The van der Waals surface area contributed by atoms with E-state index in [9.17, 15) is 22.8 Å². The van der Waals surface area contributed by atoms with E-state index in [2.05, 4.69) is 16.7 Å². The summed E-state index contributed by atoms with van der Waals surface area (Å²) >= 11 is 0. The van der Waals surface area contributed by atoms with E-state index < -0.39 is 17.6 Å². The number of fused-ring (bicyclic) bond motifs is 1. The molecule has 3 rings (SSSR count). The van der Waals surface area contributed by atoms with E-state index in [0.29, 0.717) is 11.4 Å². The van der Waals surface area contributed by atoms with E-state index in [1.165, 1.54) is 23.8 Å². The average molecular weight is 434 g/mol. The summed E-state index contributed by atoms with van der Waals surface area (Å²) in [4.78, 5) is 25.6. The quantitative estimate of drug-likeness (QED) is 0.628. The fourth-order valence-electron chi connectivity index (χ4n) is 3.95. The smallest absolute Gasteiger partial charge is 0.344 e. The molecule has 0 fully saturated rings. The van der Waals surface area contributed by atoms with Crippen LogP contribution in [-0.4, -0.2) is 31.4 Å². The summed E-state index contributed by atoms with van der Waals surface area (Å²) in [5.41, 5.74) is 1.19. The molecule has 0 aliphatic heterocycles. The van der Waals surface area contributed by atoms with Gasteiger partial charge in [0.15, 0.2) is 13.1 Å². The lowest BCUT2D eigenvalue weighted by Gasteiger charge is -2.27. The number of nitrogens with one attached hydrogen (secondary N) is 3. The first-order valence-electron chi connectivity index (χ1n) is 10.4. The molecule has 3 N–H and O–H groups in total. The van der Waals surface area contributed by atoms with Crippen LogP contribution in [0.15, 0.2) is 48.5 Å². The first-order chi connectivity index (χ1) is 14.8. The van der Waals surface area contributed by atoms with Gasteiger partial charge in [0.25, 0.3) is 11.8 Å². The second-order valence-electron chi connectivity index (χ2n) is 7.76. The van der Waals surface area contributed by atoms with E-state index >= 15 is 0 Å². The summed E-state index contributed by atoms with van der Waals surface area (Å²) in [6.07, 6.45) is -1.71. The number of anilines is 1. The Hall–Kier alpha value is -2.87. The summed E-state index contributed by atoms with van der Waals surface area (Å²) < 4.78 is 39.4. The molecule has 0 bridgehead atoms. The van der Waals surface area contributed by atoms with Crippen LogP contribution < -0.4 is 15.5 Å². The minimum absolute atomic E-state index is 0.0527. The van der Waals surface area contributed by atoms with Crippen molar-refractivity contribution in [2.75, 3.05) is 25.0 Å². The summed E-state index contributed by atoms with van der Waals surface area (Å²) in [6.45, 7) is 2.29. The van der Waals surface area contributed by atoms with Crippen molar-refractivity contribution in [1.82, 2.24) is 5.32 Å². The third-order valence-corrected chi connectivity index (χ3v) is 5.53. The van der Waals surface area contributed by atoms with Gasteiger partial charge in [-0.05, 0) is 49.4 Å². The number of benzene rings is 2. The van der Waals surface area contributed by atoms with Crippen molar-refractivity contribution in [2.45, 2.75) is 38.4 Å².